The largest absolute Gasteiger partial charge is 0.481 e. The lowest BCUT2D eigenvalue weighted by Crippen LogP contribution is -2.24. The number of pyridine rings is 1. The molecule has 3 heterocycles. The lowest BCUT2D eigenvalue weighted by molar-refractivity contribution is -0.110. The second-order valence-corrected chi connectivity index (χ2v) is 11.3. The topological polar surface area (TPSA) is 138 Å². The van der Waals surface area contributed by atoms with E-state index in [-0.39, 0.29) is 22.5 Å². The number of nitrogens with zero attached hydrogens (tertiary/aromatic N) is 5. The molecule has 0 spiro atoms. The van der Waals surface area contributed by atoms with Gasteiger partial charge >= 0.3 is 0 Å². The first kappa shape index (κ1) is 23.9. The van der Waals surface area contributed by atoms with E-state index in [0.29, 0.717) is 45.5 Å². The number of sulfone groups is 1. The number of benzene rings is 1. The summed E-state index contributed by atoms with van der Waals surface area (Å²) in [6.07, 6.45) is 3.11. The normalized spacial score (nSPS) is 14.1. The summed E-state index contributed by atoms with van der Waals surface area (Å²) in [6.45, 7) is 0.0522. The van der Waals surface area contributed by atoms with Crippen LogP contribution in [0.25, 0.3) is 10.3 Å². The molecule has 1 amide bonds. The number of amides is 1. The number of thiazole rings is 1. The Morgan fingerprint density at radius 3 is 2.61 bits per heavy atom. The van der Waals surface area contributed by atoms with Gasteiger partial charge in [-0.2, -0.15) is 5.10 Å². The van der Waals surface area contributed by atoms with Crippen LogP contribution in [-0.4, -0.2) is 52.1 Å². The van der Waals surface area contributed by atoms with E-state index >= 15 is 0 Å². The Balaban J connectivity index is 1.40. The van der Waals surface area contributed by atoms with Gasteiger partial charge in [0.2, 0.25) is 5.88 Å². The van der Waals surface area contributed by atoms with Crippen LogP contribution in [0.1, 0.15) is 24.1 Å². The van der Waals surface area contributed by atoms with E-state index in [4.69, 9.17) is 9.57 Å². The van der Waals surface area contributed by atoms with Crippen LogP contribution in [0.15, 0.2) is 58.7 Å². The summed E-state index contributed by atoms with van der Waals surface area (Å²) < 4.78 is 31.9. The zero-order valence-corrected chi connectivity index (χ0v) is 21.0. The standard InChI is InChI=1S/C23H22N6O5S2/c1-29-12-11-15(27-29)13-34-28-20(14-3-5-16(6-4-14)36(31,32)17-7-8-17)21(30)26-23-24-18-9-10-19(33-2)25-22(18)35-23/h3-6,9-12,17H,7-8,13H2,1-2H3,(H,24,26,30)/b28-20+. The number of aromatic nitrogens is 4. The van der Waals surface area contributed by atoms with Gasteiger partial charge in [-0.3, -0.25) is 14.8 Å². The molecule has 1 aliphatic carbocycles. The number of oxime groups is 1. The minimum Gasteiger partial charge on any atom is -0.481 e. The predicted molar refractivity (Wildman–Crippen MR) is 134 cm³/mol. The van der Waals surface area contributed by atoms with E-state index in [2.05, 4.69) is 25.5 Å². The van der Waals surface area contributed by atoms with Gasteiger partial charge in [-0.25, -0.2) is 18.4 Å². The van der Waals surface area contributed by atoms with Crippen molar-refractivity contribution in [2.45, 2.75) is 29.6 Å². The van der Waals surface area contributed by atoms with Crippen LogP contribution in [-0.2, 0) is 33.1 Å². The van der Waals surface area contributed by atoms with Crippen LogP contribution in [0.5, 0.6) is 5.88 Å². The molecule has 1 saturated carbocycles. The number of carbonyl (C=O) groups excluding carboxylic acids is 1. The molecule has 1 fully saturated rings. The molecule has 13 heteroatoms. The summed E-state index contributed by atoms with van der Waals surface area (Å²) >= 11 is 1.19. The van der Waals surface area contributed by atoms with Gasteiger partial charge in [0.25, 0.3) is 5.91 Å². The highest BCUT2D eigenvalue weighted by Gasteiger charge is 2.36. The highest BCUT2D eigenvalue weighted by Crippen LogP contribution is 2.33. The van der Waals surface area contributed by atoms with Gasteiger partial charge in [0.1, 0.15) is 16.0 Å². The Morgan fingerprint density at radius 2 is 1.94 bits per heavy atom. The molecule has 0 atom stereocenters. The number of hydrogen-bond acceptors (Lipinski definition) is 10. The van der Waals surface area contributed by atoms with Crippen LogP contribution in [0, 0.1) is 0 Å². The molecule has 1 aliphatic rings. The van der Waals surface area contributed by atoms with Crippen molar-refractivity contribution in [2.24, 2.45) is 12.2 Å². The summed E-state index contributed by atoms with van der Waals surface area (Å²) in [4.78, 5) is 28.2. The van der Waals surface area contributed by atoms with E-state index in [9.17, 15) is 13.2 Å². The highest BCUT2D eigenvalue weighted by molar-refractivity contribution is 7.92. The predicted octanol–water partition coefficient (Wildman–Crippen LogP) is 2.93. The minimum atomic E-state index is -3.36. The Kier molecular flexibility index (Phi) is 6.41. The van der Waals surface area contributed by atoms with Gasteiger partial charge in [-0.05, 0) is 37.1 Å². The van der Waals surface area contributed by atoms with E-state index in [0.717, 1.165) is 0 Å². The number of ether oxygens (including phenoxy) is 1. The van der Waals surface area contributed by atoms with Crippen LogP contribution in [0.4, 0.5) is 5.13 Å². The maximum Gasteiger partial charge on any atom is 0.280 e. The lowest BCUT2D eigenvalue weighted by atomic mass is 10.1. The van der Waals surface area contributed by atoms with Crippen LogP contribution in [0.2, 0.25) is 0 Å². The summed E-state index contributed by atoms with van der Waals surface area (Å²) in [5.74, 6) is -0.129. The lowest BCUT2D eigenvalue weighted by Gasteiger charge is -2.08. The van der Waals surface area contributed by atoms with Gasteiger partial charge in [0.15, 0.2) is 27.3 Å². The second-order valence-electron chi connectivity index (χ2n) is 8.11. The minimum absolute atomic E-state index is 0.0360. The molecular weight excluding hydrogens is 504 g/mol. The zero-order chi connectivity index (χ0) is 25.3. The number of rotatable bonds is 9. The molecule has 0 radical (unpaired) electrons. The van der Waals surface area contributed by atoms with Crippen LogP contribution >= 0.6 is 11.3 Å². The van der Waals surface area contributed by atoms with Crippen molar-refractivity contribution in [2.75, 3.05) is 12.4 Å². The van der Waals surface area contributed by atoms with E-state index < -0.39 is 15.7 Å². The fraction of sp³-hybridized carbons (Fsp3) is 0.261. The smallest absolute Gasteiger partial charge is 0.280 e. The van der Waals surface area contributed by atoms with Crippen molar-refractivity contribution >= 4 is 48.3 Å². The molecule has 0 unspecified atom stereocenters. The number of aryl methyl sites for hydroxylation is 1. The fourth-order valence-corrected chi connectivity index (χ4v) is 5.91. The summed E-state index contributed by atoms with van der Waals surface area (Å²) in [5.41, 5.74) is 1.60. The zero-order valence-electron chi connectivity index (χ0n) is 19.4. The summed E-state index contributed by atoms with van der Waals surface area (Å²) in [6, 6.07) is 11.3. The third-order valence-electron chi connectivity index (χ3n) is 5.43. The SMILES string of the molecule is COc1ccc2nc(NC(=O)/C(=N/OCc3ccn(C)n3)c3ccc(S(=O)(=O)C4CC4)cc3)sc2n1. The molecule has 0 bridgehead atoms. The van der Waals surface area contributed by atoms with Crippen LogP contribution in [0.3, 0.4) is 0 Å². The monoisotopic (exact) mass is 526 g/mol. The molecule has 3 aromatic heterocycles. The maximum atomic E-state index is 13.2. The van der Waals surface area contributed by atoms with Crippen molar-refractivity contribution in [1.29, 1.82) is 0 Å². The first-order chi connectivity index (χ1) is 17.3. The summed E-state index contributed by atoms with van der Waals surface area (Å²) in [7, 11) is -0.0524. The van der Waals surface area contributed by atoms with E-state index in [1.807, 2.05) is 0 Å². The Morgan fingerprint density at radius 1 is 1.17 bits per heavy atom. The number of carbonyl (C=O) groups is 1. The molecule has 4 aromatic rings. The number of nitrogens with one attached hydrogen (secondary N) is 1. The van der Waals surface area contributed by atoms with Crippen molar-refractivity contribution in [3.63, 3.8) is 0 Å². The molecule has 36 heavy (non-hydrogen) atoms. The first-order valence-electron chi connectivity index (χ1n) is 11.0. The number of hydrogen-bond donors (Lipinski definition) is 1. The molecule has 1 N–H and O–H groups in total. The Labute approximate surface area is 210 Å². The van der Waals surface area contributed by atoms with Crippen molar-refractivity contribution in [3.8, 4) is 5.88 Å². The van der Waals surface area contributed by atoms with Gasteiger partial charge in [0.05, 0.1) is 17.3 Å². The molecule has 0 saturated heterocycles. The molecule has 0 aliphatic heterocycles. The van der Waals surface area contributed by atoms with Gasteiger partial charge in [-0.15, -0.1) is 0 Å². The molecule has 186 valence electrons. The highest BCUT2D eigenvalue weighted by atomic mass is 32.2. The van der Waals surface area contributed by atoms with E-state index in [1.165, 1.54) is 30.6 Å². The van der Waals surface area contributed by atoms with Crippen molar-refractivity contribution in [3.05, 3.63) is 59.9 Å². The number of methoxy groups -OCH3 is 1. The third-order valence-corrected chi connectivity index (χ3v) is 8.59. The molecule has 11 nitrogen and oxygen atoms in total. The Bertz CT molecular complexity index is 1560. The average molecular weight is 527 g/mol. The summed E-state index contributed by atoms with van der Waals surface area (Å²) in [5, 5.41) is 11.0. The Hall–Kier alpha value is -3.84. The van der Waals surface area contributed by atoms with Crippen molar-refractivity contribution in [1.82, 2.24) is 19.7 Å². The van der Waals surface area contributed by atoms with E-state index in [1.54, 1.807) is 48.3 Å². The molecule has 5 rings (SSSR count). The average Bonchev–Trinajstić information content (AvgIpc) is 3.55. The fourth-order valence-electron chi connectivity index (χ4n) is 3.43. The van der Waals surface area contributed by atoms with Gasteiger partial charge < -0.3 is 9.57 Å². The first-order valence-corrected chi connectivity index (χ1v) is 13.4. The van der Waals surface area contributed by atoms with Gasteiger partial charge in [-0.1, -0.05) is 28.6 Å². The van der Waals surface area contributed by atoms with Crippen molar-refractivity contribution < 1.29 is 22.8 Å². The quantitative estimate of drug-likeness (QED) is 0.260. The molecule has 1 aromatic carbocycles. The third kappa shape index (κ3) is 5.06. The number of anilines is 1. The maximum absolute atomic E-state index is 13.2. The number of fused-ring (bicyclic) bond motifs is 1. The molecular formula is C23H22N6O5S2. The van der Waals surface area contributed by atoms with Crippen LogP contribution < -0.4 is 10.1 Å². The second kappa shape index (κ2) is 9.66. The van der Waals surface area contributed by atoms with Gasteiger partial charge in [0, 0.05) is 24.9 Å².